The van der Waals surface area contributed by atoms with E-state index < -0.39 is 0 Å². The maximum atomic E-state index is 5.22. The van der Waals surface area contributed by atoms with Gasteiger partial charge in [0.1, 0.15) is 0 Å². The van der Waals surface area contributed by atoms with E-state index >= 15 is 0 Å². The highest BCUT2D eigenvalue weighted by atomic mass is 32.2. The summed E-state index contributed by atoms with van der Waals surface area (Å²) >= 11 is 1.83. The van der Waals surface area contributed by atoms with Gasteiger partial charge in [-0.2, -0.15) is 0 Å². The topological polar surface area (TPSA) is 33.6 Å². The summed E-state index contributed by atoms with van der Waals surface area (Å²) in [5.41, 5.74) is 0.338. The lowest BCUT2D eigenvalue weighted by atomic mass is 9.97. The van der Waals surface area contributed by atoms with Crippen LogP contribution in [0.1, 0.15) is 27.7 Å². The van der Waals surface area contributed by atoms with E-state index in [1.54, 1.807) is 7.11 Å². The zero-order chi connectivity index (χ0) is 12.2. The maximum absolute atomic E-state index is 5.22. The van der Waals surface area contributed by atoms with E-state index in [-0.39, 0.29) is 0 Å². The SMILES string of the molecule is COCC(NC1=NCC(C)(C)CS1)C(C)C. The van der Waals surface area contributed by atoms with Gasteiger partial charge in [0.05, 0.1) is 12.6 Å². The standard InChI is InChI=1S/C12H24N2OS/c1-9(2)10(6-15-5)14-11-13-7-12(3,4)8-16-11/h9-10H,6-8H2,1-5H3,(H,13,14). The van der Waals surface area contributed by atoms with Crippen molar-refractivity contribution in [1.82, 2.24) is 5.32 Å². The van der Waals surface area contributed by atoms with Gasteiger partial charge in [-0.1, -0.05) is 39.5 Å². The van der Waals surface area contributed by atoms with Gasteiger partial charge in [0.2, 0.25) is 0 Å². The molecule has 1 aliphatic rings. The Morgan fingerprint density at radius 3 is 2.62 bits per heavy atom. The fraction of sp³-hybridized carbons (Fsp3) is 0.917. The van der Waals surface area contributed by atoms with E-state index in [0.29, 0.717) is 17.4 Å². The van der Waals surface area contributed by atoms with E-state index in [9.17, 15) is 0 Å². The monoisotopic (exact) mass is 244 g/mol. The van der Waals surface area contributed by atoms with E-state index in [1.807, 2.05) is 11.8 Å². The highest BCUT2D eigenvalue weighted by Gasteiger charge is 2.25. The smallest absolute Gasteiger partial charge is 0.156 e. The summed E-state index contributed by atoms with van der Waals surface area (Å²) in [5, 5.41) is 4.56. The van der Waals surface area contributed by atoms with Crippen molar-refractivity contribution in [2.24, 2.45) is 16.3 Å². The number of hydrogen-bond acceptors (Lipinski definition) is 4. The van der Waals surface area contributed by atoms with E-state index in [4.69, 9.17) is 4.74 Å². The summed E-state index contributed by atoms with van der Waals surface area (Å²) in [6, 6.07) is 0.359. The third-order valence-electron chi connectivity index (χ3n) is 2.71. The molecule has 0 radical (unpaired) electrons. The molecule has 0 aromatic rings. The van der Waals surface area contributed by atoms with Crippen molar-refractivity contribution in [3.8, 4) is 0 Å². The molecule has 4 heteroatoms. The Kier molecular flexibility index (Phi) is 5.12. The molecule has 1 rings (SSSR count). The van der Waals surface area contributed by atoms with Crippen molar-refractivity contribution in [3.05, 3.63) is 0 Å². The second-order valence-electron chi connectivity index (χ2n) is 5.52. The van der Waals surface area contributed by atoms with Crippen LogP contribution in [0.3, 0.4) is 0 Å². The van der Waals surface area contributed by atoms with Crippen LogP contribution in [0.4, 0.5) is 0 Å². The Balaban J connectivity index is 2.50. The molecule has 1 atom stereocenters. The summed E-state index contributed by atoms with van der Waals surface area (Å²) in [7, 11) is 1.75. The molecule has 1 aliphatic heterocycles. The zero-order valence-corrected chi connectivity index (χ0v) is 11.9. The van der Waals surface area contributed by atoms with Crippen LogP contribution in [0.15, 0.2) is 4.99 Å². The van der Waals surface area contributed by atoms with Gasteiger partial charge in [0, 0.05) is 19.4 Å². The summed E-state index contributed by atoms with van der Waals surface area (Å²) in [4.78, 5) is 4.60. The Bertz CT molecular complexity index is 251. The Labute approximate surface area is 103 Å². The molecule has 16 heavy (non-hydrogen) atoms. The number of methoxy groups -OCH3 is 1. The van der Waals surface area contributed by atoms with Crippen LogP contribution < -0.4 is 5.32 Å². The number of amidine groups is 1. The van der Waals surface area contributed by atoms with Crippen LogP contribution in [0.5, 0.6) is 0 Å². The molecule has 0 saturated heterocycles. The third-order valence-corrected chi connectivity index (χ3v) is 4.16. The van der Waals surface area contributed by atoms with E-state index in [2.05, 4.69) is 38.0 Å². The van der Waals surface area contributed by atoms with Crippen LogP contribution >= 0.6 is 11.8 Å². The molecular formula is C12H24N2OS. The molecule has 0 aromatic carbocycles. The van der Waals surface area contributed by atoms with Gasteiger partial charge in [0.15, 0.2) is 5.17 Å². The highest BCUT2D eigenvalue weighted by molar-refractivity contribution is 8.13. The predicted molar refractivity (Wildman–Crippen MR) is 72.2 cm³/mol. The van der Waals surface area contributed by atoms with Gasteiger partial charge < -0.3 is 10.1 Å². The van der Waals surface area contributed by atoms with Crippen LogP contribution in [0.25, 0.3) is 0 Å². The molecule has 0 aromatic heterocycles. The third kappa shape index (κ3) is 4.34. The summed E-state index contributed by atoms with van der Waals surface area (Å²) < 4.78 is 5.22. The second kappa shape index (κ2) is 5.92. The van der Waals surface area contributed by atoms with Crippen molar-refractivity contribution < 1.29 is 4.74 Å². The van der Waals surface area contributed by atoms with Crippen LogP contribution in [-0.4, -0.2) is 37.2 Å². The zero-order valence-electron chi connectivity index (χ0n) is 11.0. The maximum Gasteiger partial charge on any atom is 0.156 e. The van der Waals surface area contributed by atoms with Crippen molar-refractivity contribution in [3.63, 3.8) is 0 Å². The van der Waals surface area contributed by atoms with Crippen molar-refractivity contribution in [1.29, 1.82) is 0 Å². The second-order valence-corrected chi connectivity index (χ2v) is 6.49. The van der Waals surface area contributed by atoms with Gasteiger partial charge >= 0.3 is 0 Å². The minimum atomic E-state index is 0.338. The minimum absolute atomic E-state index is 0.338. The number of ether oxygens (including phenoxy) is 1. The first-order valence-electron chi connectivity index (χ1n) is 5.87. The number of aliphatic imine (C=N–C) groups is 1. The molecule has 1 N–H and O–H groups in total. The van der Waals surface area contributed by atoms with E-state index in [0.717, 1.165) is 24.1 Å². The Hall–Kier alpha value is -0.220. The molecule has 0 saturated carbocycles. The fourth-order valence-corrected chi connectivity index (χ4v) is 2.48. The van der Waals surface area contributed by atoms with E-state index in [1.165, 1.54) is 0 Å². The lowest BCUT2D eigenvalue weighted by molar-refractivity contribution is 0.156. The normalized spacial score (nSPS) is 21.8. The Morgan fingerprint density at radius 1 is 1.50 bits per heavy atom. The molecule has 0 amide bonds. The number of rotatable bonds is 4. The summed E-state index contributed by atoms with van der Waals surface area (Å²) in [6.45, 7) is 10.6. The Morgan fingerprint density at radius 2 is 2.19 bits per heavy atom. The minimum Gasteiger partial charge on any atom is -0.383 e. The molecule has 0 fully saturated rings. The molecular weight excluding hydrogens is 220 g/mol. The highest BCUT2D eigenvalue weighted by Crippen LogP contribution is 2.27. The first kappa shape index (κ1) is 13.8. The first-order valence-corrected chi connectivity index (χ1v) is 6.86. The first-order chi connectivity index (χ1) is 7.44. The molecule has 1 unspecified atom stereocenters. The molecule has 3 nitrogen and oxygen atoms in total. The van der Waals surface area contributed by atoms with Gasteiger partial charge in [-0.15, -0.1) is 0 Å². The van der Waals surface area contributed by atoms with Gasteiger partial charge in [-0.05, 0) is 11.3 Å². The summed E-state index contributed by atoms with van der Waals surface area (Å²) in [6.07, 6.45) is 0. The molecule has 0 spiro atoms. The lowest BCUT2D eigenvalue weighted by Crippen LogP contribution is -2.42. The fourth-order valence-electron chi connectivity index (χ4n) is 1.47. The number of nitrogens with one attached hydrogen (secondary N) is 1. The molecule has 1 heterocycles. The molecule has 94 valence electrons. The van der Waals surface area contributed by atoms with Gasteiger partial charge in [-0.3, -0.25) is 4.99 Å². The van der Waals surface area contributed by atoms with Crippen molar-refractivity contribution >= 4 is 16.9 Å². The van der Waals surface area contributed by atoms with Crippen LogP contribution in [0.2, 0.25) is 0 Å². The molecule has 0 bridgehead atoms. The largest absolute Gasteiger partial charge is 0.383 e. The van der Waals surface area contributed by atoms with Gasteiger partial charge in [-0.25, -0.2) is 0 Å². The quantitative estimate of drug-likeness (QED) is 0.824. The number of thioether (sulfide) groups is 1. The number of hydrogen-bond donors (Lipinski definition) is 1. The van der Waals surface area contributed by atoms with Crippen molar-refractivity contribution in [2.75, 3.05) is 26.0 Å². The average molecular weight is 244 g/mol. The summed E-state index contributed by atoms with van der Waals surface area (Å²) in [5.74, 6) is 1.69. The van der Waals surface area contributed by atoms with Crippen LogP contribution in [0, 0.1) is 11.3 Å². The van der Waals surface area contributed by atoms with Gasteiger partial charge in [0.25, 0.3) is 0 Å². The number of nitrogens with zero attached hydrogens (tertiary/aromatic N) is 1. The van der Waals surface area contributed by atoms with Crippen LogP contribution in [-0.2, 0) is 4.74 Å². The molecule has 0 aliphatic carbocycles. The average Bonchev–Trinajstić information content (AvgIpc) is 2.20. The predicted octanol–water partition coefficient (Wildman–Crippen LogP) is 2.38. The lowest BCUT2D eigenvalue weighted by Gasteiger charge is -2.30. The van der Waals surface area contributed by atoms with Crippen molar-refractivity contribution in [2.45, 2.75) is 33.7 Å².